The number of nitrogens with zero attached hydrogens (tertiary/aromatic N) is 2. The number of sulfonamides is 1. The summed E-state index contributed by atoms with van der Waals surface area (Å²) in [6.45, 7) is 0.844. The molecule has 1 aromatic carbocycles. The van der Waals surface area contributed by atoms with Crippen molar-refractivity contribution in [3.05, 3.63) is 60.4 Å². The van der Waals surface area contributed by atoms with Crippen molar-refractivity contribution in [2.75, 3.05) is 26.0 Å². The Labute approximate surface area is 154 Å². The van der Waals surface area contributed by atoms with Gasteiger partial charge in [-0.25, -0.2) is 8.42 Å². The fourth-order valence-electron chi connectivity index (χ4n) is 2.22. The summed E-state index contributed by atoms with van der Waals surface area (Å²) in [5.74, 6) is 0.520. The van der Waals surface area contributed by atoms with Gasteiger partial charge < -0.3 is 10.1 Å². The molecule has 0 aliphatic rings. The van der Waals surface area contributed by atoms with Crippen LogP contribution in [0.3, 0.4) is 0 Å². The molecule has 0 saturated carbocycles. The highest BCUT2D eigenvalue weighted by atomic mass is 32.2. The van der Waals surface area contributed by atoms with Crippen LogP contribution in [0.4, 0.5) is 0 Å². The lowest BCUT2D eigenvalue weighted by Crippen LogP contribution is -2.38. The summed E-state index contributed by atoms with van der Waals surface area (Å²) >= 11 is 0. The third-order valence-electron chi connectivity index (χ3n) is 3.56. The molecular formula is C18H23N3O4S. The van der Waals surface area contributed by atoms with Gasteiger partial charge in [-0.1, -0.05) is 24.3 Å². The number of pyridine rings is 1. The van der Waals surface area contributed by atoms with Gasteiger partial charge in [-0.3, -0.25) is 9.78 Å². The molecule has 1 amide bonds. The summed E-state index contributed by atoms with van der Waals surface area (Å²) in [5, 5.41) is 2.71. The Morgan fingerprint density at radius 1 is 1.15 bits per heavy atom. The van der Waals surface area contributed by atoms with Gasteiger partial charge >= 0.3 is 0 Å². The van der Waals surface area contributed by atoms with E-state index >= 15 is 0 Å². The molecule has 140 valence electrons. The van der Waals surface area contributed by atoms with Crippen molar-refractivity contribution in [3.63, 3.8) is 0 Å². The zero-order valence-electron chi connectivity index (χ0n) is 14.7. The molecule has 26 heavy (non-hydrogen) atoms. The first kappa shape index (κ1) is 19.9. The normalized spacial score (nSPS) is 11.3. The van der Waals surface area contributed by atoms with E-state index in [1.165, 1.54) is 4.31 Å². The van der Waals surface area contributed by atoms with Crippen molar-refractivity contribution in [2.45, 2.75) is 13.0 Å². The maximum atomic E-state index is 11.9. The third-order valence-corrected chi connectivity index (χ3v) is 4.81. The molecule has 0 fully saturated rings. The fourth-order valence-corrected chi connectivity index (χ4v) is 3.01. The molecule has 0 saturated heterocycles. The topological polar surface area (TPSA) is 88.6 Å². The van der Waals surface area contributed by atoms with Crippen LogP contribution in [-0.4, -0.2) is 49.6 Å². The highest BCUT2D eigenvalue weighted by molar-refractivity contribution is 7.88. The summed E-state index contributed by atoms with van der Waals surface area (Å²) in [6.07, 6.45) is 2.96. The van der Waals surface area contributed by atoms with E-state index in [1.807, 2.05) is 30.3 Å². The summed E-state index contributed by atoms with van der Waals surface area (Å²) in [5.41, 5.74) is 0.653. The van der Waals surface area contributed by atoms with Gasteiger partial charge in [0.05, 0.1) is 31.5 Å². The van der Waals surface area contributed by atoms with Crippen LogP contribution < -0.4 is 10.1 Å². The van der Waals surface area contributed by atoms with Gasteiger partial charge in [0.1, 0.15) is 5.75 Å². The van der Waals surface area contributed by atoms with Crippen molar-refractivity contribution in [1.29, 1.82) is 0 Å². The van der Waals surface area contributed by atoms with Crippen LogP contribution in [0.5, 0.6) is 5.75 Å². The Morgan fingerprint density at radius 3 is 2.54 bits per heavy atom. The number of nitrogens with one attached hydrogen (secondary N) is 1. The Hall–Kier alpha value is -2.45. The molecule has 8 heteroatoms. The maximum Gasteiger partial charge on any atom is 0.223 e. The van der Waals surface area contributed by atoms with Crippen LogP contribution in [-0.2, 0) is 21.4 Å². The number of carbonyl (C=O) groups excluding carboxylic acids is 1. The van der Waals surface area contributed by atoms with E-state index < -0.39 is 10.0 Å². The van der Waals surface area contributed by atoms with Crippen LogP contribution in [0.2, 0.25) is 0 Å². The Balaban J connectivity index is 1.73. The van der Waals surface area contributed by atoms with Gasteiger partial charge in [-0.2, -0.15) is 4.31 Å². The van der Waals surface area contributed by atoms with Gasteiger partial charge in [-0.15, -0.1) is 0 Å². The molecule has 0 radical (unpaired) electrons. The molecule has 2 aromatic rings. The lowest BCUT2D eigenvalue weighted by atomic mass is 10.3. The smallest absolute Gasteiger partial charge is 0.223 e. The van der Waals surface area contributed by atoms with Crippen molar-refractivity contribution in [2.24, 2.45) is 0 Å². The van der Waals surface area contributed by atoms with E-state index in [0.29, 0.717) is 11.4 Å². The number of hydrogen-bond donors (Lipinski definition) is 1. The van der Waals surface area contributed by atoms with Crippen LogP contribution in [0, 0.1) is 0 Å². The van der Waals surface area contributed by atoms with Crippen LogP contribution in [0.25, 0.3) is 0 Å². The monoisotopic (exact) mass is 377 g/mol. The number of aromatic nitrogens is 1. The van der Waals surface area contributed by atoms with Gasteiger partial charge in [0.2, 0.25) is 15.9 Å². The predicted molar refractivity (Wildman–Crippen MR) is 99.1 cm³/mol. The van der Waals surface area contributed by atoms with Crippen LogP contribution in [0.1, 0.15) is 12.1 Å². The molecule has 1 heterocycles. The van der Waals surface area contributed by atoms with E-state index in [4.69, 9.17) is 4.74 Å². The van der Waals surface area contributed by atoms with E-state index in [-0.39, 0.29) is 38.6 Å². The van der Waals surface area contributed by atoms with Crippen molar-refractivity contribution < 1.29 is 17.9 Å². The zero-order chi connectivity index (χ0) is 18.8. The SMILES string of the molecule is CS(=O)(=O)N(CCNC(=O)CCOc1ccccc1)Cc1ccccn1. The second-order valence-electron chi connectivity index (χ2n) is 5.68. The predicted octanol–water partition coefficient (Wildman–Crippen LogP) is 1.43. The van der Waals surface area contributed by atoms with Gasteiger partial charge in [0.25, 0.3) is 0 Å². The Kier molecular flexibility index (Phi) is 7.55. The molecule has 0 aliphatic heterocycles. The average molecular weight is 377 g/mol. The van der Waals surface area contributed by atoms with Gasteiger partial charge in [-0.05, 0) is 24.3 Å². The standard InChI is InChI=1S/C18H23N3O4S/c1-26(23,24)21(15-16-7-5-6-11-19-16)13-12-20-18(22)10-14-25-17-8-3-2-4-9-17/h2-9,11H,10,12-15H2,1H3,(H,20,22). The number of ether oxygens (including phenoxy) is 1. The first-order valence-corrected chi connectivity index (χ1v) is 10.1. The molecule has 0 atom stereocenters. The highest BCUT2D eigenvalue weighted by Gasteiger charge is 2.17. The highest BCUT2D eigenvalue weighted by Crippen LogP contribution is 2.08. The minimum absolute atomic E-state index is 0.173. The summed E-state index contributed by atoms with van der Waals surface area (Å²) in [6, 6.07) is 14.6. The lowest BCUT2D eigenvalue weighted by molar-refractivity contribution is -0.121. The number of rotatable bonds is 10. The first-order chi connectivity index (χ1) is 12.4. The number of benzene rings is 1. The molecule has 0 bridgehead atoms. The van der Waals surface area contributed by atoms with Gasteiger partial charge in [0, 0.05) is 19.3 Å². The fraction of sp³-hybridized carbons (Fsp3) is 0.333. The number of carbonyl (C=O) groups is 1. The molecular weight excluding hydrogens is 354 g/mol. The number of amides is 1. The Morgan fingerprint density at radius 2 is 1.88 bits per heavy atom. The minimum Gasteiger partial charge on any atom is -0.493 e. The first-order valence-electron chi connectivity index (χ1n) is 8.25. The van der Waals surface area contributed by atoms with Gasteiger partial charge in [0.15, 0.2) is 0 Å². The summed E-state index contributed by atoms with van der Waals surface area (Å²) < 4.78 is 30.6. The molecule has 0 unspecified atom stereocenters. The summed E-state index contributed by atoms with van der Waals surface area (Å²) in [4.78, 5) is 16.0. The molecule has 1 aromatic heterocycles. The number of hydrogen-bond acceptors (Lipinski definition) is 5. The van der Waals surface area contributed by atoms with E-state index in [2.05, 4.69) is 10.3 Å². The maximum absolute atomic E-state index is 11.9. The third kappa shape index (κ3) is 7.20. The second kappa shape index (κ2) is 9.88. The summed E-state index contributed by atoms with van der Waals surface area (Å²) in [7, 11) is -3.40. The van der Waals surface area contributed by atoms with E-state index in [1.54, 1.807) is 24.4 Å². The largest absolute Gasteiger partial charge is 0.493 e. The molecule has 2 rings (SSSR count). The Bertz CT molecular complexity index is 783. The minimum atomic E-state index is -3.40. The van der Waals surface area contributed by atoms with Crippen molar-refractivity contribution in [3.8, 4) is 5.75 Å². The molecule has 1 N–H and O–H groups in total. The second-order valence-corrected chi connectivity index (χ2v) is 7.66. The van der Waals surface area contributed by atoms with E-state index in [0.717, 1.165) is 6.26 Å². The van der Waals surface area contributed by atoms with Crippen molar-refractivity contribution in [1.82, 2.24) is 14.6 Å². The quantitative estimate of drug-likeness (QED) is 0.677. The zero-order valence-corrected chi connectivity index (χ0v) is 15.5. The molecule has 0 aliphatic carbocycles. The number of para-hydroxylation sites is 1. The van der Waals surface area contributed by atoms with Crippen molar-refractivity contribution >= 4 is 15.9 Å². The van der Waals surface area contributed by atoms with E-state index in [9.17, 15) is 13.2 Å². The van der Waals surface area contributed by atoms with Crippen LogP contribution >= 0.6 is 0 Å². The lowest BCUT2D eigenvalue weighted by Gasteiger charge is -2.19. The molecule has 7 nitrogen and oxygen atoms in total. The van der Waals surface area contributed by atoms with Crippen LogP contribution in [0.15, 0.2) is 54.7 Å². The molecule has 0 spiro atoms. The average Bonchev–Trinajstić information content (AvgIpc) is 2.62.